The first-order valence-electron chi connectivity index (χ1n) is 4.74. The lowest BCUT2D eigenvalue weighted by Gasteiger charge is -2.06. The molecule has 1 aromatic heterocycles. The van der Waals surface area contributed by atoms with Gasteiger partial charge >= 0.3 is 0 Å². The highest BCUT2D eigenvalue weighted by Gasteiger charge is 2.16. The number of sulfonamides is 1. The van der Waals surface area contributed by atoms with E-state index < -0.39 is 15.8 Å². The summed E-state index contributed by atoms with van der Waals surface area (Å²) in [6.45, 7) is 0. The number of hydrogen-bond donors (Lipinski definition) is 1. The maximum atomic E-state index is 13.3. The minimum atomic E-state index is -3.87. The summed E-state index contributed by atoms with van der Waals surface area (Å²) in [4.78, 5) is -0.186. The van der Waals surface area contributed by atoms with E-state index in [1.165, 1.54) is 30.5 Å². The zero-order valence-corrected chi connectivity index (χ0v) is 11.2. The molecule has 18 heavy (non-hydrogen) atoms. The summed E-state index contributed by atoms with van der Waals surface area (Å²) in [5, 5.41) is 7.12. The Labute approximate surface area is 111 Å². The maximum Gasteiger partial charge on any atom is 0.263 e. The third-order valence-electron chi connectivity index (χ3n) is 2.01. The van der Waals surface area contributed by atoms with Gasteiger partial charge in [-0.3, -0.25) is 4.72 Å². The largest absolute Gasteiger partial charge is 0.263 e. The van der Waals surface area contributed by atoms with E-state index in [2.05, 4.69) is 30.8 Å². The van der Waals surface area contributed by atoms with Crippen LogP contribution < -0.4 is 4.72 Å². The van der Waals surface area contributed by atoms with E-state index in [1.807, 2.05) is 0 Å². The second-order valence-corrected chi connectivity index (χ2v) is 5.83. The van der Waals surface area contributed by atoms with Crippen molar-refractivity contribution in [2.75, 3.05) is 4.72 Å². The number of benzene rings is 1. The second kappa shape index (κ2) is 4.99. The molecule has 2 aromatic rings. The summed E-state index contributed by atoms with van der Waals surface area (Å²) in [5.41, 5.74) is 0. The van der Waals surface area contributed by atoms with Crippen LogP contribution in [0.3, 0.4) is 0 Å². The number of rotatable bonds is 3. The smallest absolute Gasteiger partial charge is 0.262 e. The molecule has 0 aliphatic rings. The molecular formula is C10H7BrFN3O2S. The molecule has 1 aromatic carbocycles. The Bertz CT molecular complexity index is 664. The molecule has 0 aliphatic heterocycles. The first kappa shape index (κ1) is 12.9. The van der Waals surface area contributed by atoms with Crippen LogP contribution in [0.2, 0.25) is 0 Å². The van der Waals surface area contributed by atoms with Crippen LogP contribution in [0.1, 0.15) is 0 Å². The molecule has 0 bridgehead atoms. The van der Waals surface area contributed by atoms with Crippen molar-refractivity contribution in [1.29, 1.82) is 0 Å². The average molecular weight is 332 g/mol. The van der Waals surface area contributed by atoms with Gasteiger partial charge in [0.1, 0.15) is 5.82 Å². The average Bonchev–Trinajstić information content (AvgIpc) is 2.33. The van der Waals surface area contributed by atoms with E-state index in [0.29, 0.717) is 0 Å². The number of aromatic nitrogens is 2. The Morgan fingerprint density at radius 3 is 2.67 bits per heavy atom. The van der Waals surface area contributed by atoms with E-state index >= 15 is 0 Å². The van der Waals surface area contributed by atoms with Crippen LogP contribution in [0, 0.1) is 5.82 Å². The maximum absolute atomic E-state index is 13.3. The predicted octanol–water partition coefficient (Wildman–Crippen LogP) is 2.18. The van der Waals surface area contributed by atoms with Crippen LogP contribution in [-0.2, 0) is 10.0 Å². The highest BCUT2D eigenvalue weighted by Crippen LogP contribution is 2.20. The monoisotopic (exact) mass is 331 g/mol. The Hall–Kier alpha value is -1.54. The summed E-state index contributed by atoms with van der Waals surface area (Å²) < 4.78 is 39.5. The molecule has 0 saturated carbocycles. The molecule has 0 unspecified atom stereocenters. The fourth-order valence-corrected chi connectivity index (χ4v) is 2.45. The molecule has 2 rings (SSSR count). The van der Waals surface area contributed by atoms with Gasteiger partial charge < -0.3 is 0 Å². The van der Waals surface area contributed by atoms with Crippen molar-refractivity contribution in [2.45, 2.75) is 4.90 Å². The first-order valence-corrected chi connectivity index (χ1v) is 7.02. The van der Waals surface area contributed by atoms with Gasteiger partial charge in [0, 0.05) is 6.20 Å². The molecule has 0 radical (unpaired) electrons. The van der Waals surface area contributed by atoms with Gasteiger partial charge in [-0.2, -0.15) is 5.10 Å². The predicted molar refractivity (Wildman–Crippen MR) is 66.9 cm³/mol. The van der Waals surface area contributed by atoms with Crippen LogP contribution in [0.25, 0.3) is 0 Å². The third-order valence-corrected chi connectivity index (χ3v) is 4.01. The van der Waals surface area contributed by atoms with Gasteiger partial charge in [0.25, 0.3) is 10.0 Å². The van der Waals surface area contributed by atoms with Crippen LogP contribution in [0.4, 0.5) is 10.2 Å². The van der Waals surface area contributed by atoms with Crippen LogP contribution in [-0.4, -0.2) is 18.6 Å². The number of anilines is 1. The first-order chi connectivity index (χ1) is 8.49. The molecule has 5 nitrogen and oxygen atoms in total. The lowest BCUT2D eigenvalue weighted by Crippen LogP contribution is -2.14. The van der Waals surface area contributed by atoms with Crippen molar-refractivity contribution >= 4 is 31.8 Å². The van der Waals surface area contributed by atoms with Crippen molar-refractivity contribution in [3.05, 3.63) is 46.8 Å². The molecule has 1 heterocycles. The fourth-order valence-electron chi connectivity index (χ4n) is 1.20. The second-order valence-electron chi connectivity index (χ2n) is 3.29. The van der Waals surface area contributed by atoms with Gasteiger partial charge in [-0.25, -0.2) is 12.8 Å². The summed E-state index contributed by atoms with van der Waals surface area (Å²) in [6, 6.07) is 6.50. The SMILES string of the molecule is O=S(=O)(Nc1cccnn1)c1ccc(Br)c(F)c1. The summed E-state index contributed by atoms with van der Waals surface area (Å²) in [5.74, 6) is -0.585. The normalized spacial score (nSPS) is 11.2. The van der Waals surface area contributed by atoms with Crippen molar-refractivity contribution in [3.63, 3.8) is 0 Å². The Kier molecular flexibility index (Phi) is 3.58. The molecule has 0 spiro atoms. The van der Waals surface area contributed by atoms with E-state index in [-0.39, 0.29) is 15.2 Å². The van der Waals surface area contributed by atoms with Crippen LogP contribution >= 0.6 is 15.9 Å². The van der Waals surface area contributed by atoms with Gasteiger partial charge in [-0.15, -0.1) is 5.10 Å². The number of nitrogens with one attached hydrogen (secondary N) is 1. The molecule has 0 atom stereocenters. The highest BCUT2D eigenvalue weighted by atomic mass is 79.9. The topological polar surface area (TPSA) is 72.0 Å². The van der Waals surface area contributed by atoms with E-state index in [9.17, 15) is 12.8 Å². The molecule has 94 valence electrons. The molecule has 0 saturated heterocycles. The van der Waals surface area contributed by atoms with Gasteiger partial charge in [0.15, 0.2) is 5.82 Å². The van der Waals surface area contributed by atoms with Gasteiger partial charge in [0.2, 0.25) is 0 Å². The quantitative estimate of drug-likeness (QED) is 0.935. The Balaban J connectivity index is 2.34. The van der Waals surface area contributed by atoms with Crippen LogP contribution in [0.5, 0.6) is 0 Å². The molecule has 0 fully saturated rings. The molecule has 1 N–H and O–H groups in total. The number of halogens is 2. The van der Waals surface area contributed by atoms with Gasteiger partial charge in [-0.1, -0.05) is 0 Å². The summed E-state index contributed by atoms with van der Waals surface area (Å²) >= 11 is 2.95. The lowest BCUT2D eigenvalue weighted by atomic mass is 10.3. The standard InChI is InChI=1S/C10H7BrFN3O2S/c11-8-4-3-7(6-9(8)12)18(16,17)15-10-2-1-5-13-14-10/h1-6H,(H,14,15). The van der Waals surface area contributed by atoms with Gasteiger partial charge in [-0.05, 0) is 46.3 Å². The Morgan fingerprint density at radius 2 is 2.06 bits per heavy atom. The van der Waals surface area contributed by atoms with Crippen LogP contribution in [0.15, 0.2) is 45.9 Å². The zero-order chi connectivity index (χ0) is 13.2. The lowest BCUT2D eigenvalue weighted by molar-refractivity contribution is 0.593. The number of nitrogens with zero attached hydrogens (tertiary/aromatic N) is 2. The van der Waals surface area contributed by atoms with Crippen molar-refractivity contribution < 1.29 is 12.8 Å². The van der Waals surface area contributed by atoms with E-state index in [4.69, 9.17) is 0 Å². The fraction of sp³-hybridized carbons (Fsp3) is 0. The van der Waals surface area contributed by atoms with Crippen molar-refractivity contribution in [1.82, 2.24) is 10.2 Å². The van der Waals surface area contributed by atoms with Crippen molar-refractivity contribution in [2.24, 2.45) is 0 Å². The molecular weight excluding hydrogens is 325 g/mol. The van der Waals surface area contributed by atoms with Gasteiger partial charge in [0.05, 0.1) is 9.37 Å². The molecule has 0 amide bonds. The zero-order valence-electron chi connectivity index (χ0n) is 8.84. The minimum absolute atomic E-state index is 0.0702. The molecule has 0 aliphatic carbocycles. The van der Waals surface area contributed by atoms with E-state index in [0.717, 1.165) is 6.07 Å². The number of hydrogen-bond acceptors (Lipinski definition) is 4. The highest BCUT2D eigenvalue weighted by molar-refractivity contribution is 9.10. The van der Waals surface area contributed by atoms with Crippen molar-refractivity contribution in [3.8, 4) is 0 Å². The summed E-state index contributed by atoms with van der Waals surface area (Å²) in [7, 11) is -3.87. The minimum Gasteiger partial charge on any atom is -0.262 e. The molecule has 8 heteroatoms. The van der Waals surface area contributed by atoms with E-state index in [1.54, 1.807) is 0 Å². The third kappa shape index (κ3) is 2.82. The summed E-state index contributed by atoms with van der Waals surface area (Å²) in [6.07, 6.45) is 1.41. The Morgan fingerprint density at radius 1 is 1.28 bits per heavy atom.